The van der Waals surface area contributed by atoms with E-state index in [0.29, 0.717) is 42.4 Å². The standard InChI is InChI=1S/C21H26N4O4S2/c26-30(27,24-9-5-22-6-10-24)18-1-3-20-16(14-18)13-17-15-19(2-4-21(17)20)31(28,29)25-11-7-23-8-12-25/h1-4,14-15,22-23H,5-13H2/p+2. The number of sulfonamides is 2. The van der Waals surface area contributed by atoms with Crippen molar-refractivity contribution in [1.82, 2.24) is 8.61 Å². The van der Waals surface area contributed by atoms with Crippen LogP contribution in [0.15, 0.2) is 46.2 Å². The second-order valence-electron chi connectivity index (χ2n) is 8.35. The van der Waals surface area contributed by atoms with E-state index in [1.54, 1.807) is 32.9 Å². The van der Waals surface area contributed by atoms with Crippen LogP contribution < -0.4 is 10.6 Å². The molecule has 10 heteroatoms. The van der Waals surface area contributed by atoms with Crippen molar-refractivity contribution in [1.29, 1.82) is 0 Å². The molecule has 3 aliphatic rings. The second-order valence-corrected chi connectivity index (χ2v) is 12.2. The fourth-order valence-electron chi connectivity index (χ4n) is 4.72. The molecule has 0 bridgehead atoms. The van der Waals surface area contributed by atoms with Gasteiger partial charge in [-0.15, -0.1) is 0 Å². The fraction of sp³-hybridized carbons (Fsp3) is 0.429. The average Bonchev–Trinajstić information content (AvgIpc) is 3.17. The Balaban J connectivity index is 1.44. The van der Waals surface area contributed by atoms with Gasteiger partial charge in [-0.05, 0) is 52.9 Å². The predicted octanol–water partition coefficient (Wildman–Crippen LogP) is -1.61. The lowest BCUT2D eigenvalue weighted by molar-refractivity contribution is -0.661. The van der Waals surface area contributed by atoms with Crippen LogP contribution >= 0.6 is 0 Å². The quantitative estimate of drug-likeness (QED) is 0.485. The molecule has 166 valence electrons. The molecule has 0 saturated carbocycles. The highest BCUT2D eigenvalue weighted by atomic mass is 32.2. The van der Waals surface area contributed by atoms with Gasteiger partial charge in [-0.2, -0.15) is 8.61 Å². The first-order chi connectivity index (χ1) is 14.9. The Labute approximate surface area is 183 Å². The van der Waals surface area contributed by atoms with E-state index in [2.05, 4.69) is 10.6 Å². The van der Waals surface area contributed by atoms with Gasteiger partial charge in [-0.1, -0.05) is 12.1 Å². The molecular formula is C21H28N4O4S2+2. The number of hydrogen-bond donors (Lipinski definition) is 2. The van der Waals surface area contributed by atoms with Crippen molar-refractivity contribution in [2.75, 3.05) is 52.4 Å². The first-order valence-corrected chi connectivity index (χ1v) is 13.7. The van der Waals surface area contributed by atoms with Crippen LogP contribution in [0.3, 0.4) is 0 Å². The van der Waals surface area contributed by atoms with Crippen molar-refractivity contribution < 1.29 is 27.5 Å². The molecule has 2 aliphatic heterocycles. The maximum Gasteiger partial charge on any atom is 0.243 e. The van der Waals surface area contributed by atoms with Crippen molar-refractivity contribution in [3.05, 3.63) is 47.5 Å². The summed E-state index contributed by atoms with van der Waals surface area (Å²) < 4.78 is 55.3. The molecule has 2 heterocycles. The van der Waals surface area contributed by atoms with Crippen LogP contribution in [0.4, 0.5) is 0 Å². The van der Waals surface area contributed by atoms with Gasteiger partial charge >= 0.3 is 0 Å². The lowest BCUT2D eigenvalue weighted by Gasteiger charge is -2.24. The number of hydrogen-bond acceptors (Lipinski definition) is 4. The van der Waals surface area contributed by atoms with Gasteiger partial charge in [0.2, 0.25) is 20.0 Å². The Morgan fingerprint density at radius 2 is 1.00 bits per heavy atom. The van der Waals surface area contributed by atoms with Gasteiger partial charge in [0.25, 0.3) is 0 Å². The van der Waals surface area contributed by atoms with Gasteiger partial charge in [0, 0.05) is 0 Å². The van der Waals surface area contributed by atoms with Crippen LogP contribution in [0.1, 0.15) is 11.1 Å². The smallest absolute Gasteiger partial charge is 0.243 e. The van der Waals surface area contributed by atoms with E-state index in [1.165, 1.54) is 0 Å². The van der Waals surface area contributed by atoms with Gasteiger partial charge in [0.15, 0.2) is 0 Å². The number of rotatable bonds is 4. The largest absolute Gasteiger partial charge is 0.344 e. The molecule has 2 aromatic rings. The maximum absolute atomic E-state index is 13.0. The van der Waals surface area contributed by atoms with Gasteiger partial charge in [-0.3, -0.25) is 0 Å². The molecule has 5 rings (SSSR count). The minimum atomic E-state index is -3.51. The first-order valence-electron chi connectivity index (χ1n) is 10.8. The molecule has 0 unspecified atom stereocenters. The van der Waals surface area contributed by atoms with Gasteiger partial charge in [0.05, 0.1) is 62.1 Å². The molecule has 0 aromatic heterocycles. The topological polar surface area (TPSA) is 108 Å². The highest BCUT2D eigenvalue weighted by molar-refractivity contribution is 7.89. The van der Waals surface area contributed by atoms with Crippen molar-refractivity contribution in [3.8, 4) is 11.1 Å². The van der Waals surface area contributed by atoms with E-state index in [9.17, 15) is 16.8 Å². The van der Waals surface area contributed by atoms with E-state index >= 15 is 0 Å². The molecule has 1 aliphatic carbocycles. The van der Waals surface area contributed by atoms with E-state index in [1.807, 2.05) is 12.1 Å². The molecular weight excluding hydrogens is 436 g/mol. The Bertz CT molecular complexity index is 1120. The first kappa shape index (κ1) is 21.0. The number of nitrogens with two attached hydrogens (primary N) is 2. The van der Waals surface area contributed by atoms with Gasteiger partial charge in [0.1, 0.15) is 0 Å². The van der Waals surface area contributed by atoms with Gasteiger partial charge < -0.3 is 10.6 Å². The molecule has 0 amide bonds. The number of piperazine rings is 2. The molecule has 8 nitrogen and oxygen atoms in total. The monoisotopic (exact) mass is 464 g/mol. The minimum Gasteiger partial charge on any atom is -0.344 e. The minimum absolute atomic E-state index is 0.318. The van der Waals surface area contributed by atoms with Crippen LogP contribution in [-0.4, -0.2) is 77.8 Å². The van der Waals surface area contributed by atoms with E-state index in [0.717, 1.165) is 48.4 Å². The summed E-state index contributed by atoms with van der Waals surface area (Å²) in [6.45, 7) is 5.21. The normalized spacial score (nSPS) is 20.4. The highest BCUT2D eigenvalue weighted by Gasteiger charge is 2.31. The molecule has 2 aromatic carbocycles. The Morgan fingerprint density at radius 1 is 0.613 bits per heavy atom. The SMILES string of the molecule is O=S(=O)(c1ccc2c(c1)Cc1cc(S(=O)(=O)N3CC[NH2+]CC3)ccc1-2)N1CC[NH2+]CC1. The molecule has 2 fully saturated rings. The Hall–Kier alpha value is -1.82. The zero-order chi connectivity index (χ0) is 21.6. The molecule has 31 heavy (non-hydrogen) atoms. The number of quaternary nitrogens is 2. The van der Waals surface area contributed by atoms with Gasteiger partial charge in [-0.25, -0.2) is 16.8 Å². The van der Waals surface area contributed by atoms with Crippen molar-refractivity contribution in [2.45, 2.75) is 16.2 Å². The molecule has 2 saturated heterocycles. The van der Waals surface area contributed by atoms with Crippen LogP contribution in [-0.2, 0) is 26.5 Å². The van der Waals surface area contributed by atoms with E-state index in [4.69, 9.17) is 0 Å². The maximum atomic E-state index is 13.0. The summed E-state index contributed by atoms with van der Waals surface area (Å²) in [5.74, 6) is 0. The third-order valence-corrected chi connectivity index (χ3v) is 10.2. The van der Waals surface area contributed by atoms with Crippen LogP contribution in [0.5, 0.6) is 0 Å². The zero-order valence-corrected chi connectivity index (χ0v) is 19.0. The summed E-state index contributed by atoms with van der Waals surface area (Å²) in [5, 5.41) is 4.25. The van der Waals surface area contributed by atoms with Crippen molar-refractivity contribution >= 4 is 20.0 Å². The number of nitrogens with zero attached hydrogens (tertiary/aromatic N) is 2. The molecule has 0 atom stereocenters. The van der Waals surface area contributed by atoms with Crippen LogP contribution in [0, 0.1) is 0 Å². The molecule has 0 spiro atoms. The summed E-state index contributed by atoms with van der Waals surface area (Å²) in [7, 11) is -7.02. The van der Waals surface area contributed by atoms with E-state index < -0.39 is 20.0 Å². The summed E-state index contributed by atoms with van der Waals surface area (Å²) in [5.41, 5.74) is 3.83. The lowest BCUT2D eigenvalue weighted by Crippen LogP contribution is -2.89. The summed E-state index contributed by atoms with van der Waals surface area (Å²) in [6.07, 6.45) is 0.541. The van der Waals surface area contributed by atoms with Crippen LogP contribution in [0.2, 0.25) is 0 Å². The second kappa shape index (κ2) is 7.95. The predicted molar refractivity (Wildman–Crippen MR) is 116 cm³/mol. The van der Waals surface area contributed by atoms with Crippen LogP contribution in [0.25, 0.3) is 11.1 Å². The van der Waals surface area contributed by atoms with Crippen molar-refractivity contribution in [2.24, 2.45) is 0 Å². The summed E-state index contributed by atoms with van der Waals surface area (Å²) in [4.78, 5) is 0.636. The Kier molecular flexibility index (Phi) is 5.40. The van der Waals surface area contributed by atoms with E-state index in [-0.39, 0.29) is 0 Å². The third kappa shape index (κ3) is 3.71. The summed E-state index contributed by atoms with van der Waals surface area (Å²) >= 11 is 0. The molecule has 0 radical (unpaired) electrons. The zero-order valence-electron chi connectivity index (χ0n) is 17.3. The lowest BCUT2D eigenvalue weighted by atomic mass is 10.1. The third-order valence-electron chi connectivity index (χ3n) is 6.43. The average molecular weight is 465 g/mol. The summed E-state index contributed by atoms with van der Waals surface area (Å²) in [6, 6.07) is 10.6. The number of fused-ring (bicyclic) bond motifs is 3. The Morgan fingerprint density at radius 3 is 1.39 bits per heavy atom. The van der Waals surface area contributed by atoms with Crippen molar-refractivity contribution in [3.63, 3.8) is 0 Å². The number of benzene rings is 2. The molecule has 4 N–H and O–H groups in total. The highest BCUT2D eigenvalue weighted by Crippen LogP contribution is 2.39. The fourth-order valence-corrected chi connectivity index (χ4v) is 7.76.